The Hall–Kier alpha value is -1.22. The molecule has 0 aliphatic carbocycles. The number of benzene rings is 1. The molecule has 0 amide bonds. The van der Waals surface area contributed by atoms with Gasteiger partial charge in [-0.15, -0.1) is 12.4 Å². The Labute approximate surface area is 130 Å². The summed E-state index contributed by atoms with van der Waals surface area (Å²) in [5.74, 6) is 0. The number of nitrogens with two attached hydrogens (primary N) is 1. The number of nitro benzene ring substituents is 1. The number of para-hydroxylation sites is 1. The van der Waals surface area contributed by atoms with E-state index in [2.05, 4.69) is 4.72 Å². The molecule has 0 aliphatic heterocycles. The summed E-state index contributed by atoms with van der Waals surface area (Å²) in [6.07, 6.45) is 1.000. The first kappa shape index (κ1) is 19.8. The van der Waals surface area contributed by atoms with Crippen molar-refractivity contribution in [2.45, 2.75) is 37.1 Å². The summed E-state index contributed by atoms with van der Waals surface area (Å²) >= 11 is 0. The molecule has 0 atom stereocenters. The molecule has 0 saturated carbocycles. The van der Waals surface area contributed by atoms with Crippen LogP contribution in [0, 0.1) is 10.1 Å². The van der Waals surface area contributed by atoms with Crippen LogP contribution in [-0.2, 0) is 10.0 Å². The third-order valence-electron chi connectivity index (χ3n) is 3.45. The monoisotopic (exact) mass is 337 g/mol. The minimum atomic E-state index is -4.00. The molecular weight excluding hydrogens is 318 g/mol. The van der Waals surface area contributed by atoms with Gasteiger partial charge in [-0.25, -0.2) is 13.1 Å². The smallest absolute Gasteiger partial charge is 0.289 e. The van der Waals surface area contributed by atoms with Crippen molar-refractivity contribution in [2.75, 3.05) is 6.54 Å². The van der Waals surface area contributed by atoms with E-state index in [0.29, 0.717) is 12.8 Å². The Morgan fingerprint density at radius 2 is 1.81 bits per heavy atom. The average Bonchev–Trinajstić information content (AvgIpc) is 2.45. The van der Waals surface area contributed by atoms with Gasteiger partial charge in [0.05, 0.1) is 4.92 Å². The van der Waals surface area contributed by atoms with Crippen molar-refractivity contribution in [2.24, 2.45) is 5.73 Å². The van der Waals surface area contributed by atoms with Crippen LogP contribution in [0.4, 0.5) is 5.69 Å². The molecule has 1 aromatic rings. The Bertz CT molecular complexity index is 580. The van der Waals surface area contributed by atoms with Crippen molar-refractivity contribution >= 4 is 28.1 Å². The fraction of sp³-hybridized carbons (Fsp3) is 0.500. The fourth-order valence-corrected chi connectivity index (χ4v) is 3.63. The Kier molecular flexibility index (Phi) is 7.25. The highest BCUT2D eigenvalue weighted by atomic mass is 35.5. The number of nitrogens with one attached hydrogen (secondary N) is 1. The molecule has 0 spiro atoms. The van der Waals surface area contributed by atoms with Gasteiger partial charge in [0, 0.05) is 18.2 Å². The third-order valence-corrected chi connectivity index (χ3v) is 5.07. The largest absolute Gasteiger partial charge is 0.329 e. The van der Waals surface area contributed by atoms with Gasteiger partial charge in [-0.2, -0.15) is 0 Å². The topological polar surface area (TPSA) is 115 Å². The zero-order valence-electron chi connectivity index (χ0n) is 11.9. The quantitative estimate of drug-likeness (QED) is 0.581. The molecule has 0 unspecified atom stereocenters. The summed E-state index contributed by atoms with van der Waals surface area (Å²) in [4.78, 5) is 9.88. The maximum absolute atomic E-state index is 12.4. The first-order chi connectivity index (χ1) is 9.32. The summed E-state index contributed by atoms with van der Waals surface area (Å²) in [7, 11) is -4.00. The maximum Gasteiger partial charge on any atom is 0.289 e. The van der Waals surface area contributed by atoms with Crippen molar-refractivity contribution in [3.63, 3.8) is 0 Å². The number of hydrogen-bond acceptors (Lipinski definition) is 5. The second-order valence-corrected chi connectivity index (χ2v) is 6.17. The van der Waals surface area contributed by atoms with Gasteiger partial charge in [-0.1, -0.05) is 26.0 Å². The van der Waals surface area contributed by atoms with Gasteiger partial charge < -0.3 is 5.73 Å². The van der Waals surface area contributed by atoms with Gasteiger partial charge >= 0.3 is 0 Å². The fourth-order valence-electron chi connectivity index (χ4n) is 1.90. The zero-order chi connectivity index (χ0) is 15.4. The number of sulfonamides is 1. The average molecular weight is 338 g/mol. The predicted molar refractivity (Wildman–Crippen MR) is 83.0 cm³/mol. The van der Waals surface area contributed by atoms with Crippen molar-refractivity contribution in [3.05, 3.63) is 34.4 Å². The number of nitrogens with zero attached hydrogens (tertiary/aromatic N) is 1. The first-order valence-electron chi connectivity index (χ1n) is 6.29. The van der Waals surface area contributed by atoms with Gasteiger partial charge in [-0.05, 0) is 18.9 Å². The number of halogens is 1. The summed E-state index contributed by atoms with van der Waals surface area (Å²) in [6, 6.07) is 5.25. The Morgan fingerprint density at radius 1 is 1.29 bits per heavy atom. The van der Waals surface area contributed by atoms with Crippen molar-refractivity contribution < 1.29 is 13.3 Å². The molecule has 3 N–H and O–H groups in total. The third kappa shape index (κ3) is 4.37. The van der Waals surface area contributed by atoms with Gasteiger partial charge in [0.15, 0.2) is 4.90 Å². The minimum absolute atomic E-state index is 0. The molecule has 0 radical (unpaired) electrons. The lowest BCUT2D eigenvalue weighted by Gasteiger charge is -2.30. The summed E-state index contributed by atoms with van der Waals surface area (Å²) in [5, 5.41) is 10.9. The molecule has 0 heterocycles. The Morgan fingerprint density at radius 3 is 2.24 bits per heavy atom. The normalized spacial score (nSPS) is 11.8. The van der Waals surface area contributed by atoms with E-state index in [9.17, 15) is 18.5 Å². The Balaban J connectivity index is 0.00000400. The molecule has 1 rings (SSSR count). The van der Waals surface area contributed by atoms with Crippen molar-refractivity contribution in [1.82, 2.24) is 4.72 Å². The summed E-state index contributed by atoms with van der Waals surface area (Å²) in [5.41, 5.74) is 4.42. The van der Waals surface area contributed by atoms with Gasteiger partial charge in [-0.3, -0.25) is 10.1 Å². The molecule has 21 heavy (non-hydrogen) atoms. The van der Waals surface area contributed by atoms with Crippen LogP contribution in [0.15, 0.2) is 29.2 Å². The van der Waals surface area contributed by atoms with Crippen LogP contribution >= 0.6 is 12.4 Å². The molecule has 0 fully saturated rings. The molecular formula is C12H20ClN3O4S. The number of rotatable bonds is 7. The van der Waals surface area contributed by atoms with E-state index in [1.165, 1.54) is 18.2 Å². The highest BCUT2D eigenvalue weighted by Gasteiger charge is 2.34. The minimum Gasteiger partial charge on any atom is -0.329 e. The van der Waals surface area contributed by atoms with E-state index >= 15 is 0 Å². The maximum atomic E-state index is 12.4. The van der Waals surface area contributed by atoms with Crippen LogP contribution in [0.5, 0.6) is 0 Å². The van der Waals surface area contributed by atoms with Crippen LogP contribution in [-0.4, -0.2) is 25.4 Å². The summed E-state index contributed by atoms with van der Waals surface area (Å²) in [6.45, 7) is 3.76. The SMILES string of the molecule is CCC(CC)(CN)NS(=O)(=O)c1ccccc1[N+](=O)[O-].Cl. The predicted octanol–water partition coefficient (Wildman–Crippen LogP) is 1.81. The summed E-state index contributed by atoms with van der Waals surface area (Å²) < 4.78 is 27.3. The van der Waals surface area contributed by atoms with E-state index in [0.717, 1.165) is 6.07 Å². The van der Waals surface area contributed by atoms with Gasteiger partial charge in [0.2, 0.25) is 10.0 Å². The molecule has 0 bridgehead atoms. The van der Waals surface area contributed by atoms with E-state index in [1.807, 2.05) is 13.8 Å². The van der Waals surface area contributed by atoms with Crippen LogP contribution in [0.3, 0.4) is 0 Å². The first-order valence-corrected chi connectivity index (χ1v) is 7.77. The molecule has 1 aromatic carbocycles. The highest BCUT2D eigenvalue weighted by Crippen LogP contribution is 2.25. The lowest BCUT2D eigenvalue weighted by Crippen LogP contribution is -2.52. The van der Waals surface area contributed by atoms with E-state index in [4.69, 9.17) is 5.73 Å². The molecule has 0 aromatic heterocycles. The van der Waals surface area contributed by atoms with E-state index < -0.39 is 26.2 Å². The lowest BCUT2D eigenvalue weighted by molar-refractivity contribution is -0.387. The van der Waals surface area contributed by atoms with E-state index in [1.54, 1.807) is 0 Å². The standard InChI is InChI=1S/C12H19N3O4S.ClH/c1-3-12(4-2,9-13)14-20(18,19)11-8-6-5-7-10(11)15(16)17;/h5-8,14H,3-4,9,13H2,1-2H3;1H. The number of nitro groups is 1. The van der Waals surface area contributed by atoms with Crippen molar-refractivity contribution in [1.29, 1.82) is 0 Å². The second-order valence-electron chi connectivity index (χ2n) is 4.52. The molecule has 7 nitrogen and oxygen atoms in total. The molecule has 0 aliphatic rings. The van der Waals surface area contributed by atoms with Crippen LogP contribution in [0.25, 0.3) is 0 Å². The number of hydrogen-bond donors (Lipinski definition) is 2. The van der Waals surface area contributed by atoms with Crippen LogP contribution < -0.4 is 10.5 Å². The molecule has 9 heteroatoms. The van der Waals surface area contributed by atoms with Crippen molar-refractivity contribution in [3.8, 4) is 0 Å². The zero-order valence-corrected chi connectivity index (χ0v) is 13.5. The van der Waals surface area contributed by atoms with Gasteiger partial charge in [0.1, 0.15) is 0 Å². The lowest BCUT2D eigenvalue weighted by atomic mass is 9.95. The van der Waals surface area contributed by atoms with E-state index in [-0.39, 0.29) is 23.8 Å². The second kappa shape index (κ2) is 7.69. The van der Waals surface area contributed by atoms with Crippen LogP contribution in [0.2, 0.25) is 0 Å². The molecule has 0 saturated heterocycles. The van der Waals surface area contributed by atoms with Crippen LogP contribution in [0.1, 0.15) is 26.7 Å². The molecule has 120 valence electrons. The van der Waals surface area contributed by atoms with Gasteiger partial charge in [0.25, 0.3) is 5.69 Å². The highest BCUT2D eigenvalue weighted by molar-refractivity contribution is 7.89.